The fourth-order valence-corrected chi connectivity index (χ4v) is 2.54. The molecular weight excluding hydrogens is 306 g/mol. The summed E-state index contributed by atoms with van der Waals surface area (Å²) < 4.78 is 5.18. The molecule has 0 aromatic heterocycles. The van der Waals surface area contributed by atoms with Gasteiger partial charge in [-0.25, -0.2) is 4.79 Å². The number of aliphatic carboxylic acids is 1. The first kappa shape index (κ1) is 17.5. The van der Waals surface area contributed by atoms with Gasteiger partial charge in [0.1, 0.15) is 6.61 Å². The fourth-order valence-electron chi connectivity index (χ4n) is 2.54. The molecule has 0 bridgehead atoms. The van der Waals surface area contributed by atoms with Gasteiger partial charge >= 0.3 is 12.1 Å². The van der Waals surface area contributed by atoms with Crippen LogP contribution < -0.4 is 5.32 Å². The van der Waals surface area contributed by atoms with Gasteiger partial charge in [0.15, 0.2) is 0 Å². The molecule has 5 nitrogen and oxygen atoms in total. The van der Waals surface area contributed by atoms with Crippen LogP contribution in [-0.2, 0) is 16.1 Å². The first-order valence-corrected chi connectivity index (χ1v) is 7.71. The Balaban J connectivity index is 2.05. The molecule has 0 saturated carbocycles. The van der Waals surface area contributed by atoms with E-state index in [1.807, 2.05) is 62.4 Å². The van der Waals surface area contributed by atoms with Crippen molar-refractivity contribution >= 4 is 12.1 Å². The van der Waals surface area contributed by atoms with Crippen LogP contribution in [0, 0.1) is 13.8 Å². The number of benzene rings is 2. The van der Waals surface area contributed by atoms with Crippen molar-refractivity contribution in [3.63, 3.8) is 0 Å². The largest absolute Gasteiger partial charge is 0.481 e. The molecule has 0 saturated heterocycles. The smallest absolute Gasteiger partial charge is 0.407 e. The monoisotopic (exact) mass is 327 g/mol. The Morgan fingerprint density at radius 3 is 2.29 bits per heavy atom. The molecule has 5 heteroatoms. The maximum Gasteiger partial charge on any atom is 0.407 e. The zero-order chi connectivity index (χ0) is 17.5. The van der Waals surface area contributed by atoms with Crippen LogP contribution in [-0.4, -0.2) is 17.2 Å². The van der Waals surface area contributed by atoms with Gasteiger partial charge in [-0.3, -0.25) is 4.79 Å². The third-order valence-electron chi connectivity index (χ3n) is 3.53. The molecule has 0 heterocycles. The highest BCUT2D eigenvalue weighted by Crippen LogP contribution is 2.20. The highest BCUT2D eigenvalue weighted by atomic mass is 16.5. The average Bonchev–Trinajstić information content (AvgIpc) is 2.52. The summed E-state index contributed by atoms with van der Waals surface area (Å²) in [7, 11) is 0. The van der Waals surface area contributed by atoms with E-state index in [9.17, 15) is 9.59 Å². The van der Waals surface area contributed by atoms with Gasteiger partial charge < -0.3 is 15.2 Å². The maximum atomic E-state index is 12.0. The van der Waals surface area contributed by atoms with Gasteiger partial charge in [-0.2, -0.15) is 0 Å². The number of nitrogens with one attached hydrogen (secondary N) is 1. The molecular formula is C19H21NO4. The van der Waals surface area contributed by atoms with Gasteiger partial charge in [0, 0.05) is 0 Å². The van der Waals surface area contributed by atoms with Crippen LogP contribution in [0.25, 0.3) is 0 Å². The molecule has 24 heavy (non-hydrogen) atoms. The quantitative estimate of drug-likeness (QED) is 0.847. The number of alkyl carbamates (subject to hydrolysis) is 1. The number of aryl methyl sites for hydroxylation is 2. The summed E-state index contributed by atoms with van der Waals surface area (Å²) in [6.07, 6.45) is -0.840. The van der Waals surface area contributed by atoms with Gasteiger partial charge in [0.05, 0.1) is 12.5 Å². The van der Waals surface area contributed by atoms with E-state index in [0.717, 1.165) is 22.3 Å². The molecule has 2 aromatic rings. The number of hydrogen-bond acceptors (Lipinski definition) is 3. The third kappa shape index (κ3) is 5.43. The van der Waals surface area contributed by atoms with E-state index in [0.29, 0.717) is 0 Å². The van der Waals surface area contributed by atoms with Gasteiger partial charge in [-0.15, -0.1) is 0 Å². The standard InChI is InChI=1S/C19H21NO4/c1-13-8-14(2)10-16(9-13)17(11-18(21)22)20-19(23)24-12-15-6-4-3-5-7-15/h3-10,17H,11-12H2,1-2H3,(H,20,23)(H,21,22)/t17-/m0/s1. The highest BCUT2D eigenvalue weighted by molar-refractivity contribution is 5.72. The minimum Gasteiger partial charge on any atom is -0.481 e. The van der Waals surface area contributed by atoms with E-state index in [4.69, 9.17) is 9.84 Å². The van der Waals surface area contributed by atoms with Crippen LogP contribution in [0.4, 0.5) is 4.79 Å². The van der Waals surface area contributed by atoms with Crippen molar-refractivity contribution in [3.05, 3.63) is 70.8 Å². The molecule has 0 unspecified atom stereocenters. The SMILES string of the molecule is Cc1cc(C)cc([C@H](CC(=O)O)NC(=O)OCc2ccccc2)c1. The van der Waals surface area contributed by atoms with Crippen LogP contribution in [0.1, 0.15) is 34.7 Å². The average molecular weight is 327 g/mol. The minimum absolute atomic E-state index is 0.138. The number of rotatable bonds is 6. The summed E-state index contributed by atoms with van der Waals surface area (Å²) in [4.78, 5) is 23.1. The fraction of sp³-hybridized carbons (Fsp3) is 0.263. The predicted octanol–water partition coefficient (Wildman–Crippen LogP) is 3.75. The van der Waals surface area contributed by atoms with Crippen molar-refractivity contribution in [2.45, 2.75) is 32.9 Å². The first-order chi connectivity index (χ1) is 11.4. The van der Waals surface area contributed by atoms with Crippen molar-refractivity contribution in [1.82, 2.24) is 5.32 Å². The van der Waals surface area contributed by atoms with Crippen molar-refractivity contribution in [3.8, 4) is 0 Å². The molecule has 1 atom stereocenters. The van der Waals surface area contributed by atoms with E-state index in [-0.39, 0.29) is 13.0 Å². The summed E-state index contributed by atoms with van der Waals surface area (Å²) in [5.74, 6) is -0.984. The van der Waals surface area contributed by atoms with Crippen LogP contribution in [0.5, 0.6) is 0 Å². The lowest BCUT2D eigenvalue weighted by atomic mass is 9.99. The number of carbonyl (C=O) groups excluding carboxylic acids is 1. The van der Waals surface area contributed by atoms with Gasteiger partial charge in [-0.1, -0.05) is 59.7 Å². The second-order valence-corrected chi connectivity index (χ2v) is 5.78. The first-order valence-electron chi connectivity index (χ1n) is 7.71. The Morgan fingerprint density at radius 1 is 1.08 bits per heavy atom. The van der Waals surface area contributed by atoms with E-state index < -0.39 is 18.1 Å². The van der Waals surface area contributed by atoms with E-state index in [1.165, 1.54) is 0 Å². The maximum absolute atomic E-state index is 12.0. The molecule has 126 valence electrons. The normalized spacial score (nSPS) is 11.6. The van der Waals surface area contributed by atoms with Crippen molar-refractivity contribution in [1.29, 1.82) is 0 Å². The molecule has 0 spiro atoms. The van der Waals surface area contributed by atoms with Gasteiger partial charge in [-0.05, 0) is 25.0 Å². The number of carboxylic acids is 1. The molecule has 0 aliphatic carbocycles. The molecule has 1 amide bonds. The lowest BCUT2D eigenvalue weighted by Gasteiger charge is -2.18. The van der Waals surface area contributed by atoms with Crippen molar-refractivity contribution in [2.24, 2.45) is 0 Å². The molecule has 0 radical (unpaired) electrons. The topological polar surface area (TPSA) is 75.6 Å². The lowest BCUT2D eigenvalue weighted by Crippen LogP contribution is -2.30. The molecule has 0 aliphatic rings. The number of hydrogen-bond donors (Lipinski definition) is 2. The summed E-state index contributed by atoms with van der Waals surface area (Å²) in [5.41, 5.74) is 3.65. The Bertz CT molecular complexity index is 692. The Kier molecular flexibility index (Phi) is 5.95. The lowest BCUT2D eigenvalue weighted by molar-refractivity contribution is -0.137. The summed E-state index contributed by atoms with van der Waals surface area (Å²) >= 11 is 0. The van der Waals surface area contributed by atoms with E-state index in [1.54, 1.807) is 0 Å². The molecule has 2 rings (SSSR count). The Hall–Kier alpha value is -2.82. The number of ether oxygens (including phenoxy) is 1. The highest BCUT2D eigenvalue weighted by Gasteiger charge is 2.19. The molecule has 0 fully saturated rings. The van der Waals surface area contributed by atoms with Crippen LogP contribution >= 0.6 is 0 Å². The van der Waals surface area contributed by atoms with Gasteiger partial charge in [0.25, 0.3) is 0 Å². The molecule has 0 aliphatic heterocycles. The minimum atomic E-state index is -0.984. The number of amides is 1. The third-order valence-corrected chi connectivity index (χ3v) is 3.53. The van der Waals surface area contributed by atoms with E-state index >= 15 is 0 Å². The Morgan fingerprint density at radius 2 is 1.71 bits per heavy atom. The van der Waals surface area contributed by atoms with Gasteiger partial charge in [0.2, 0.25) is 0 Å². The summed E-state index contributed by atoms with van der Waals surface area (Å²) in [6.45, 7) is 4.00. The Labute approximate surface area is 141 Å². The van der Waals surface area contributed by atoms with E-state index in [2.05, 4.69) is 5.32 Å². The van der Waals surface area contributed by atoms with Crippen molar-refractivity contribution in [2.75, 3.05) is 0 Å². The van der Waals surface area contributed by atoms with Crippen LogP contribution in [0.3, 0.4) is 0 Å². The summed E-state index contributed by atoms with van der Waals surface area (Å²) in [5, 5.41) is 11.8. The summed E-state index contributed by atoms with van der Waals surface area (Å²) in [6, 6.07) is 14.4. The number of carbonyl (C=O) groups is 2. The number of carboxylic acid groups (broad SMARTS) is 1. The van der Waals surface area contributed by atoms with Crippen LogP contribution in [0.15, 0.2) is 48.5 Å². The zero-order valence-corrected chi connectivity index (χ0v) is 13.8. The molecule has 2 N–H and O–H groups in total. The molecule has 2 aromatic carbocycles. The zero-order valence-electron chi connectivity index (χ0n) is 13.8. The van der Waals surface area contributed by atoms with Crippen molar-refractivity contribution < 1.29 is 19.4 Å². The van der Waals surface area contributed by atoms with Crippen LogP contribution in [0.2, 0.25) is 0 Å². The second-order valence-electron chi connectivity index (χ2n) is 5.78. The second kappa shape index (κ2) is 8.15. The predicted molar refractivity (Wildman–Crippen MR) is 90.7 cm³/mol.